The highest BCUT2D eigenvalue weighted by molar-refractivity contribution is 5.96. The molecule has 0 bridgehead atoms. The van der Waals surface area contributed by atoms with Crippen molar-refractivity contribution in [3.8, 4) is 0 Å². The van der Waals surface area contributed by atoms with Crippen molar-refractivity contribution >= 4 is 5.78 Å². The molecule has 0 aromatic heterocycles. The molecule has 0 saturated heterocycles. The number of nitrogens with zero attached hydrogens (tertiary/aromatic N) is 1. The lowest BCUT2D eigenvalue weighted by molar-refractivity contribution is 0.0966. The van der Waals surface area contributed by atoms with E-state index in [4.69, 9.17) is 0 Å². The predicted octanol–water partition coefficient (Wildman–Crippen LogP) is 2.91. The summed E-state index contributed by atoms with van der Waals surface area (Å²) < 4.78 is 0. The maximum Gasteiger partial charge on any atom is 0.164 e. The van der Waals surface area contributed by atoms with E-state index in [2.05, 4.69) is 18.7 Å². The molecule has 0 saturated carbocycles. The summed E-state index contributed by atoms with van der Waals surface area (Å²) in [5.41, 5.74) is 1.99. The Morgan fingerprint density at radius 1 is 1.25 bits per heavy atom. The average molecular weight is 219 g/mol. The molecule has 0 atom stereocenters. The quantitative estimate of drug-likeness (QED) is 0.686. The van der Waals surface area contributed by atoms with Crippen LogP contribution < -0.4 is 0 Å². The van der Waals surface area contributed by atoms with Gasteiger partial charge in [0, 0.05) is 18.5 Å². The van der Waals surface area contributed by atoms with Crippen LogP contribution in [0.3, 0.4) is 0 Å². The fourth-order valence-corrected chi connectivity index (χ4v) is 1.76. The number of Topliss-reactive ketones (excluding diaryl/α,β-unsaturated/α-hetero) is 1. The summed E-state index contributed by atoms with van der Waals surface area (Å²) in [5.74, 6) is 0.246. The van der Waals surface area contributed by atoms with E-state index in [1.807, 2.05) is 31.2 Å². The molecule has 0 N–H and O–H groups in total. The zero-order valence-corrected chi connectivity index (χ0v) is 10.5. The third-order valence-electron chi connectivity index (χ3n) is 2.89. The van der Waals surface area contributed by atoms with E-state index in [1.165, 1.54) is 0 Å². The monoisotopic (exact) mass is 219 g/mol. The second kappa shape index (κ2) is 6.44. The van der Waals surface area contributed by atoms with Crippen molar-refractivity contribution < 1.29 is 4.79 Å². The van der Waals surface area contributed by atoms with E-state index in [0.29, 0.717) is 6.42 Å². The number of carbonyl (C=O) groups is 1. The Morgan fingerprint density at radius 3 is 2.50 bits per heavy atom. The summed E-state index contributed by atoms with van der Waals surface area (Å²) in [6.45, 7) is 9.15. The van der Waals surface area contributed by atoms with Crippen molar-refractivity contribution in [2.45, 2.75) is 27.2 Å². The van der Waals surface area contributed by atoms with Crippen LogP contribution in [0.4, 0.5) is 0 Å². The molecule has 0 unspecified atom stereocenters. The largest absolute Gasteiger partial charge is 0.303 e. The minimum atomic E-state index is 0.246. The van der Waals surface area contributed by atoms with Gasteiger partial charge in [0.25, 0.3) is 0 Å². The van der Waals surface area contributed by atoms with Gasteiger partial charge in [0.1, 0.15) is 0 Å². The fourth-order valence-electron chi connectivity index (χ4n) is 1.76. The molecule has 0 radical (unpaired) electrons. The van der Waals surface area contributed by atoms with Crippen molar-refractivity contribution in [3.05, 3.63) is 35.4 Å². The van der Waals surface area contributed by atoms with Crippen LogP contribution in [0.25, 0.3) is 0 Å². The molecule has 0 aliphatic heterocycles. The molecule has 0 aliphatic carbocycles. The Balaban J connectivity index is 2.52. The first-order chi connectivity index (χ1) is 7.67. The summed E-state index contributed by atoms with van der Waals surface area (Å²) in [6, 6.07) is 7.82. The van der Waals surface area contributed by atoms with Crippen LogP contribution in [0.5, 0.6) is 0 Å². The van der Waals surface area contributed by atoms with Gasteiger partial charge < -0.3 is 4.90 Å². The number of benzene rings is 1. The topological polar surface area (TPSA) is 20.3 Å². The first kappa shape index (κ1) is 12.9. The van der Waals surface area contributed by atoms with E-state index >= 15 is 0 Å². The SMILES string of the molecule is CCN(CC)CCC(=O)c1cccc(C)c1. The van der Waals surface area contributed by atoms with Crippen LogP contribution in [0, 0.1) is 6.92 Å². The molecule has 1 rings (SSSR count). The Morgan fingerprint density at radius 2 is 1.94 bits per heavy atom. The Kier molecular flexibility index (Phi) is 5.20. The lowest BCUT2D eigenvalue weighted by atomic mass is 10.1. The summed E-state index contributed by atoms with van der Waals surface area (Å²) in [4.78, 5) is 14.2. The zero-order chi connectivity index (χ0) is 12.0. The highest BCUT2D eigenvalue weighted by Gasteiger charge is 2.07. The number of aryl methyl sites for hydroxylation is 1. The van der Waals surface area contributed by atoms with Crippen LogP contribution in [0.1, 0.15) is 36.2 Å². The Hall–Kier alpha value is -1.15. The second-order valence-electron chi connectivity index (χ2n) is 4.07. The van der Waals surface area contributed by atoms with Gasteiger partial charge in [-0.1, -0.05) is 37.6 Å². The third-order valence-corrected chi connectivity index (χ3v) is 2.89. The fraction of sp³-hybridized carbons (Fsp3) is 0.500. The van der Waals surface area contributed by atoms with Crippen LogP contribution >= 0.6 is 0 Å². The molecule has 2 heteroatoms. The number of hydrogen-bond donors (Lipinski definition) is 0. The van der Waals surface area contributed by atoms with E-state index < -0.39 is 0 Å². The zero-order valence-electron chi connectivity index (χ0n) is 10.5. The van der Waals surface area contributed by atoms with Crippen molar-refractivity contribution in [2.24, 2.45) is 0 Å². The normalized spacial score (nSPS) is 10.8. The standard InChI is InChI=1S/C14H21NO/c1-4-15(5-2)10-9-14(16)13-8-6-7-12(3)11-13/h6-8,11H,4-5,9-10H2,1-3H3. The molecular formula is C14H21NO. The summed E-state index contributed by atoms with van der Waals surface area (Å²) >= 11 is 0. The smallest absolute Gasteiger partial charge is 0.164 e. The number of ketones is 1. The molecule has 0 spiro atoms. The van der Waals surface area contributed by atoms with Gasteiger partial charge in [-0.25, -0.2) is 0 Å². The van der Waals surface area contributed by atoms with Gasteiger partial charge in [-0.15, -0.1) is 0 Å². The van der Waals surface area contributed by atoms with Gasteiger partial charge in [-0.3, -0.25) is 4.79 Å². The van der Waals surface area contributed by atoms with Gasteiger partial charge in [-0.2, -0.15) is 0 Å². The molecule has 16 heavy (non-hydrogen) atoms. The lowest BCUT2D eigenvalue weighted by Gasteiger charge is -2.17. The first-order valence-electron chi connectivity index (χ1n) is 5.99. The summed E-state index contributed by atoms with van der Waals surface area (Å²) in [7, 11) is 0. The highest BCUT2D eigenvalue weighted by Crippen LogP contribution is 2.07. The Bertz CT molecular complexity index is 342. The van der Waals surface area contributed by atoms with Gasteiger partial charge in [0.15, 0.2) is 5.78 Å². The van der Waals surface area contributed by atoms with E-state index in [9.17, 15) is 4.79 Å². The number of carbonyl (C=O) groups excluding carboxylic acids is 1. The van der Waals surface area contributed by atoms with Gasteiger partial charge in [0.05, 0.1) is 0 Å². The van der Waals surface area contributed by atoms with Crippen molar-refractivity contribution in [1.82, 2.24) is 4.90 Å². The maximum atomic E-state index is 11.9. The molecular weight excluding hydrogens is 198 g/mol. The van der Waals surface area contributed by atoms with Gasteiger partial charge in [-0.05, 0) is 26.1 Å². The molecule has 1 aromatic carbocycles. The van der Waals surface area contributed by atoms with Crippen LogP contribution in [0.2, 0.25) is 0 Å². The van der Waals surface area contributed by atoms with Crippen molar-refractivity contribution in [3.63, 3.8) is 0 Å². The molecule has 2 nitrogen and oxygen atoms in total. The minimum absolute atomic E-state index is 0.246. The molecule has 0 amide bonds. The molecule has 0 fully saturated rings. The third kappa shape index (κ3) is 3.78. The van der Waals surface area contributed by atoms with Crippen LogP contribution in [-0.2, 0) is 0 Å². The van der Waals surface area contributed by atoms with Crippen molar-refractivity contribution in [1.29, 1.82) is 0 Å². The first-order valence-corrected chi connectivity index (χ1v) is 5.99. The number of hydrogen-bond acceptors (Lipinski definition) is 2. The summed E-state index contributed by atoms with van der Waals surface area (Å²) in [6.07, 6.45) is 0.616. The van der Waals surface area contributed by atoms with E-state index in [-0.39, 0.29) is 5.78 Å². The average Bonchev–Trinajstić information content (AvgIpc) is 2.30. The molecule has 0 heterocycles. The maximum absolute atomic E-state index is 11.9. The molecule has 0 aliphatic rings. The second-order valence-corrected chi connectivity index (χ2v) is 4.07. The highest BCUT2D eigenvalue weighted by atomic mass is 16.1. The van der Waals surface area contributed by atoms with Crippen LogP contribution in [-0.4, -0.2) is 30.3 Å². The summed E-state index contributed by atoms with van der Waals surface area (Å²) in [5, 5.41) is 0. The van der Waals surface area contributed by atoms with E-state index in [0.717, 1.165) is 30.8 Å². The number of rotatable bonds is 6. The van der Waals surface area contributed by atoms with Gasteiger partial charge in [0.2, 0.25) is 0 Å². The Labute approximate surface area is 98.3 Å². The predicted molar refractivity (Wildman–Crippen MR) is 67.9 cm³/mol. The van der Waals surface area contributed by atoms with Crippen molar-refractivity contribution in [2.75, 3.05) is 19.6 Å². The van der Waals surface area contributed by atoms with E-state index in [1.54, 1.807) is 0 Å². The molecule has 1 aromatic rings. The van der Waals surface area contributed by atoms with Gasteiger partial charge >= 0.3 is 0 Å². The lowest BCUT2D eigenvalue weighted by Crippen LogP contribution is -2.25. The molecule has 88 valence electrons. The van der Waals surface area contributed by atoms with Crippen LogP contribution in [0.15, 0.2) is 24.3 Å². The minimum Gasteiger partial charge on any atom is -0.303 e.